The summed E-state index contributed by atoms with van der Waals surface area (Å²) in [6.45, 7) is 4.35. The molecule has 3 N–H and O–H groups in total. The number of ketones is 1. The van der Waals surface area contributed by atoms with Crippen molar-refractivity contribution in [3.63, 3.8) is 0 Å². The summed E-state index contributed by atoms with van der Waals surface area (Å²) in [5, 5.41) is 12.4. The normalized spacial score (nSPS) is 22.0. The number of esters is 1. The fourth-order valence-electron chi connectivity index (χ4n) is 4.47. The highest BCUT2D eigenvalue weighted by molar-refractivity contribution is 6.19. The number of quaternary nitrogens is 1. The van der Waals surface area contributed by atoms with E-state index in [1.165, 1.54) is 19.3 Å². The summed E-state index contributed by atoms with van der Waals surface area (Å²) < 4.78 is 5.59. The minimum absolute atomic E-state index is 0. The SMILES string of the molecule is CC1=C(C(=O)CC[NH2+]C(C)C(O)c2ccccc2)C(=O)OC1C1CCCCC1.[Cl-]. The van der Waals surface area contributed by atoms with Crippen molar-refractivity contribution in [3.8, 4) is 0 Å². The van der Waals surface area contributed by atoms with Gasteiger partial charge in [0.25, 0.3) is 0 Å². The van der Waals surface area contributed by atoms with Crippen LogP contribution in [0.25, 0.3) is 0 Å². The van der Waals surface area contributed by atoms with Gasteiger partial charge < -0.3 is 27.6 Å². The molecule has 6 heteroatoms. The van der Waals surface area contributed by atoms with Crippen molar-refractivity contribution in [3.05, 3.63) is 47.0 Å². The van der Waals surface area contributed by atoms with E-state index in [2.05, 4.69) is 0 Å². The van der Waals surface area contributed by atoms with Gasteiger partial charge in [0.1, 0.15) is 23.8 Å². The molecule has 160 valence electrons. The van der Waals surface area contributed by atoms with E-state index in [-0.39, 0.29) is 42.3 Å². The van der Waals surface area contributed by atoms with Crippen LogP contribution in [0.15, 0.2) is 41.5 Å². The molecule has 0 aromatic heterocycles. The number of cyclic esters (lactones) is 1. The molecule has 2 aliphatic rings. The minimum Gasteiger partial charge on any atom is -1.00 e. The van der Waals surface area contributed by atoms with E-state index in [9.17, 15) is 14.7 Å². The molecule has 0 radical (unpaired) electrons. The number of halogens is 1. The monoisotopic (exact) mass is 421 g/mol. The number of hydrogen-bond donors (Lipinski definition) is 2. The molecule has 3 unspecified atom stereocenters. The van der Waals surface area contributed by atoms with Crippen LogP contribution < -0.4 is 17.7 Å². The third-order valence-electron chi connectivity index (χ3n) is 6.17. The number of hydrogen-bond acceptors (Lipinski definition) is 4. The Bertz CT molecular complexity index is 728. The Morgan fingerprint density at radius 3 is 2.52 bits per heavy atom. The van der Waals surface area contributed by atoms with Gasteiger partial charge in [0, 0.05) is 0 Å². The van der Waals surface area contributed by atoms with Crippen molar-refractivity contribution in [2.45, 2.75) is 70.6 Å². The predicted molar refractivity (Wildman–Crippen MR) is 106 cm³/mol. The van der Waals surface area contributed by atoms with Crippen LogP contribution in [0.5, 0.6) is 0 Å². The lowest BCUT2D eigenvalue weighted by molar-refractivity contribution is -0.693. The van der Waals surface area contributed by atoms with Crippen molar-refractivity contribution in [1.82, 2.24) is 0 Å². The van der Waals surface area contributed by atoms with Crippen LogP contribution in [-0.2, 0) is 14.3 Å². The molecule has 0 bridgehead atoms. The second-order valence-corrected chi connectivity index (χ2v) is 8.19. The van der Waals surface area contributed by atoms with E-state index >= 15 is 0 Å². The van der Waals surface area contributed by atoms with E-state index in [1.807, 2.05) is 49.5 Å². The molecular formula is C23H32ClNO4. The molecule has 29 heavy (non-hydrogen) atoms. The molecule has 5 nitrogen and oxygen atoms in total. The average molecular weight is 422 g/mol. The zero-order valence-corrected chi connectivity index (χ0v) is 18.0. The van der Waals surface area contributed by atoms with E-state index in [0.29, 0.717) is 12.5 Å². The zero-order chi connectivity index (χ0) is 20.1. The number of carbonyl (C=O) groups is 2. The van der Waals surface area contributed by atoms with E-state index < -0.39 is 12.1 Å². The Balaban J connectivity index is 0.00000300. The fraction of sp³-hybridized carbons (Fsp3) is 0.565. The van der Waals surface area contributed by atoms with E-state index in [1.54, 1.807) is 0 Å². The van der Waals surface area contributed by atoms with E-state index in [4.69, 9.17) is 4.74 Å². The van der Waals surface area contributed by atoms with Gasteiger partial charge in [-0.05, 0) is 43.7 Å². The predicted octanol–water partition coefficient (Wildman–Crippen LogP) is -0.543. The quantitative estimate of drug-likeness (QED) is 0.436. The lowest BCUT2D eigenvalue weighted by Crippen LogP contribution is -3.00. The summed E-state index contributed by atoms with van der Waals surface area (Å²) in [7, 11) is 0. The Labute approximate surface area is 179 Å². The number of rotatable bonds is 8. The molecule has 1 aliphatic heterocycles. The van der Waals surface area contributed by atoms with Crippen LogP contribution >= 0.6 is 0 Å². The maximum atomic E-state index is 12.7. The standard InChI is InChI=1S/C23H31NO4.ClH/c1-15-20(23(27)28-22(15)18-11-7-4-8-12-18)19(25)13-14-24-16(2)21(26)17-9-5-3-6-10-17;/h3,5-6,9-10,16,18,21-22,24,26H,4,7-8,11-14H2,1-2H3;1H. The van der Waals surface area contributed by atoms with Gasteiger partial charge in [0.15, 0.2) is 5.78 Å². The average Bonchev–Trinajstić information content (AvgIpc) is 3.02. The molecule has 3 rings (SSSR count). The van der Waals surface area contributed by atoms with Crippen molar-refractivity contribution < 1.29 is 37.2 Å². The first-order valence-corrected chi connectivity index (χ1v) is 10.5. The molecular weight excluding hydrogens is 390 g/mol. The molecule has 0 spiro atoms. The molecule has 1 heterocycles. The van der Waals surface area contributed by atoms with Gasteiger partial charge in [0.05, 0.1) is 13.0 Å². The number of aliphatic hydroxyl groups is 1. The van der Waals surface area contributed by atoms with Gasteiger partial charge in [-0.1, -0.05) is 49.6 Å². The highest BCUT2D eigenvalue weighted by atomic mass is 35.5. The van der Waals surface area contributed by atoms with Crippen LogP contribution in [0.4, 0.5) is 0 Å². The Hall–Kier alpha value is -1.69. The number of aliphatic hydroxyl groups excluding tert-OH is 1. The van der Waals surface area contributed by atoms with E-state index in [0.717, 1.165) is 24.0 Å². The lowest BCUT2D eigenvalue weighted by atomic mass is 9.82. The molecule has 0 saturated heterocycles. The second kappa shape index (κ2) is 10.9. The van der Waals surface area contributed by atoms with Crippen LogP contribution in [0.2, 0.25) is 0 Å². The summed E-state index contributed by atoms with van der Waals surface area (Å²) in [5.41, 5.74) is 1.95. The van der Waals surface area contributed by atoms with Crippen LogP contribution in [0, 0.1) is 5.92 Å². The van der Waals surface area contributed by atoms with Crippen LogP contribution in [-0.4, -0.2) is 35.5 Å². The van der Waals surface area contributed by atoms with Gasteiger partial charge in [-0.3, -0.25) is 4.79 Å². The Morgan fingerprint density at radius 2 is 1.86 bits per heavy atom. The zero-order valence-electron chi connectivity index (χ0n) is 17.3. The first kappa shape index (κ1) is 23.6. The number of ether oxygens (including phenoxy) is 1. The first-order chi connectivity index (χ1) is 13.5. The van der Waals surface area contributed by atoms with Crippen molar-refractivity contribution in [2.24, 2.45) is 5.92 Å². The number of carbonyl (C=O) groups excluding carboxylic acids is 2. The summed E-state index contributed by atoms with van der Waals surface area (Å²) >= 11 is 0. The van der Waals surface area contributed by atoms with Gasteiger partial charge in [0.2, 0.25) is 0 Å². The lowest BCUT2D eigenvalue weighted by Gasteiger charge is -2.27. The van der Waals surface area contributed by atoms with Crippen molar-refractivity contribution in [2.75, 3.05) is 6.54 Å². The third-order valence-corrected chi connectivity index (χ3v) is 6.17. The van der Waals surface area contributed by atoms with Crippen molar-refractivity contribution >= 4 is 11.8 Å². The van der Waals surface area contributed by atoms with Crippen LogP contribution in [0.1, 0.15) is 64.0 Å². The molecule has 1 aromatic rings. The highest BCUT2D eigenvalue weighted by Crippen LogP contribution is 2.36. The molecule has 0 amide bonds. The first-order valence-electron chi connectivity index (χ1n) is 10.5. The smallest absolute Gasteiger partial charge is 0.342 e. The molecule has 3 atom stereocenters. The number of benzene rings is 1. The summed E-state index contributed by atoms with van der Waals surface area (Å²) in [6.07, 6.45) is 5.19. The largest absolute Gasteiger partial charge is 1.00 e. The molecule has 1 aromatic carbocycles. The molecule has 1 saturated carbocycles. The third kappa shape index (κ3) is 5.68. The molecule has 1 fully saturated rings. The summed E-state index contributed by atoms with van der Waals surface area (Å²) in [6, 6.07) is 9.44. The van der Waals surface area contributed by atoms with Gasteiger partial charge >= 0.3 is 5.97 Å². The minimum atomic E-state index is -0.593. The summed E-state index contributed by atoms with van der Waals surface area (Å²) in [5.74, 6) is -0.232. The maximum absolute atomic E-state index is 12.7. The summed E-state index contributed by atoms with van der Waals surface area (Å²) in [4.78, 5) is 25.0. The second-order valence-electron chi connectivity index (χ2n) is 8.19. The van der Waals surface area contributed by atoms with Crippen LogP contribution in [0.3, 0.4) is 0 Å². The number of Topliss-reactive ketones (excluding diaryl/α,β-unsaturated/α-hetero) is 1. The highest BCUT2D eigenvalue weighted by Gasteiger charge is 2.39. The van der Waals surface area contributed by atoms with Crippen molar-refractivity contribution in [1.29, 1.82) is 0 Å². The topological polar surface area (TPSA) is 80.2 Å². The van der Waals surface area contributed by atoms with Gasteiger partial charge in [-0.2, -0.15) is 0 Å². The fourth-order valence-corrected chi connectivity index (χ4v) is 4.47. The Kier molecular flexibility index (Phi) is 8.87. The van der Waals surface area contributed by atoms with Gasteiger partial charge in [-0.15, -0.1) is 0 Å². The number of nitrogens with two attached hydrogens (primary N) is 1. The molecule has 1 aliphatic carbocycles. The van der Waals surface area contributed by atoms with Gasteiger partial charge in [-0.25, -0.2) is 4.79 Å². The maximum Gasteiger partial charge on any atom is 0.342 e. The Morgan fingerprint density at radius 1 is 1.21 bits per heavy atom.